The third-order valence-electron chi connectivity index (χ3n) is 2.80. The average Bonchev–Trinajstić information content (AvgIpc) is 2.54. The largest absolute Gasteiger partial charge is 0.465 e. The molecule has 0 heterocycles. The molecule has 0 aliphatic heterocycles. The summed E-state index contributed by atoms with van der Waals surface area (Å²) in [5, 5.41) is 19.6. The van der Waals surface area contributed by atoms with Crippen molar-refractivity contribution in [2.75, 3.05) is 7.11 Å². The number of nitriles is 1. The van der Waals surface area contributed by atoms with Crippen molar-refractivity contribution in [3.8, 4) is 6.07 Å². The smallest absolute Gasteiger partial charge is 0.339 e. The monoisotopic (exact) mass is 314 g/mol. The van der Waals surface area contributed by atoms with Crippen molar-refractivity contribution in [1.29, 1.82) is 5.26 Å². The summed E-state index contributed by atoms with van der Waals surface area (Å²) in [7, 11) is 1.25. The molecule has 2 rings (SSSR count). The number of hydrogen-bond donors (Lipinski definition) is 0. The maximum Gasteiger partial charge on any atom is 0.339 e. The summed E-state index contributed by atoms with van der Waals surface area (Å²) >= 11 is 1.33. The molecule has 0 fully saturated rings. The van der Waals surface area contributed by atoms with E-state index in [0.29, 0.717) is 0 Å². The summed E-state index contributed by atoms with van der Waals surface area (Å²) < 4.78 is 4.65. The Morgan fingerprint density at radius 3 is 2.41 bits per heavy atom. The molecule has 0 unspecified atom stereocenters. The highest BCUT2D eigenvalue weighted by molar-refractivity contribution is 7.99. The van der Waals surface area contributed by atoms with Crippen molar-refractivity contribution in [1.82, 2.24) is 0 Å². The minimum atomic E-state index is -0.581. The van der Waals surface area contributed by atoms with Gasteiger partial charge in [0.1, 0.15) is 6.07 Å². The Balaban J connectivity index is 2.28. The van der Waals surface area contributed by atoms with Gasteiger partial charge in [-0.25, -0.2) is 4.79 Å². The van der Waals surface area contributed by atoms with Crippen LogP contribution in [-0.4, -0.2) is 18.0 Å². The Morgan fingerprint density at radius 1 is 1.23 bits per heavy atom. The van der Waals surface area contributed by atoms with E-state index in [4.69, 9.17) is 5.26 Å². The van der Waals surface area contributed by atoms with Gasteiger partial charge < -0.3 is 4.74 Å². The van der Waals surface area contributed by atoms with Gasteiger partial charge >= 0.3 is 5.97 Å². The van der Waals surface area contributed by atoms with E-state index in [2.05, 4.69) is 4.74 Å². The summed E-state index contributed by atoms with van der Waals surface area (Å²) in [5.41, 5.74) is 0.441. The van der Waals surface area contributed by atoms with Crippen LogP contribution in [0.4, 0.5) is 5.69 Å². The van der Waals surface area contributed by atoms with Crippen molar-refractivity contribution in [3.05, 3.63) is 63.7 Å². The third-order valence-corrected chi connectivity index (χ3v) is 3.80. The molecule has 2 aromatic rings. The van der Waals surface area contributed by atoms with Gasteiger partial charge in [-0.2, -0.15) is 5.26 Å². The minimum Gasteiger partial charge on any atom is -0.465 e. The Labute approximate surface area is 130 Å². The molecule has 6 nitrogen and oxygen atoms in total. The second kappa shape index (κ2) is 6.74. The number of esters is 1. The number of nitro benzene ring substituents is 1. The first-order chi connectivity index (χ1) is 10.5. The summed E-state index contributed by atoms with van der Waals surface area (Å²) in [5.74, 6) is -0.581. The second-order valence-electron chi connectivity index (χ2n) is 4.16. The number of non-ortho nitro benzene ring substituents is 1. The number of nitrogens with zero attached hydrogens (tertiary/aromatic N) is 2. The number of nitro groups is 1. The molecule has 0 aliphatic carbocycles. The number of methoxy groups -OCH3 is 1. The van der Waals surface area contributed by atoms with E-state index < -0.39 is 10.9 Å². The van der Waals surface area contributed by atoms with Crippen LogP contribution in [0.1, 0.15) is 15.9 Å². The number of carbonyl (C=O) groups is 1. The first-order valence-corrected chi connectivity index (χ1v) is 6.91. The molecule has 7 heteroatoms. The highest BCUT2D eigenvalue weighted by Gasteiger charge is 2.13. The lowest BCUT2D eigenvalue weighted by molar-refractivity contribution is -0.384. The lowest BCUT2D eigenvalue weighted by Gasteiger charge is -2.06. The maximum atomic E-state index is 11.7. The summed E-state index contributed by atoms with van der Waals surface area (Å²) in [6, 6.07) is 12.8. The number of hydrogen-bond acceptors (Lipinski definition) is 6. The van der Waals surface area contributed by atoms with Crippen LogP contribution in [-0.2, 0) is 4.74 Å². The van der Waals surface area contributed by atoms with Crippen LogP contribution in [0.3, 0.4) is 0 Å². The molecule has 0 spiro atoms. The highest BCUT2D eigenvalue weighted by atomic mass is 32.2. The Morgan fingerprint density at radius 2 is 1.86 bits per heavy atom. The zero-order valence-electron chi connectivity index (χ0n) is 11.5. The lowest BCUT2D eigenvalue weighted by Crippen LogP contribution is -2.04. The Hall–Kier alpha value is -2.85. The van der Waals surface area contributed by atoms with Gasteiger partial charge in [0.25, 0.3) is 5.69 Å². The third kappa shape index (κ3) is 3.42. The Bertz CT molecular complexity index is 766. The predicted molar refractivity (Wildman–Crippen MR) is 79.7 cm³/mol. The van der Waals surface area contributed by atoms with Crippen LogP contribution in [0.2, 0.25) is 0 Å². The minimum absolute atomic E-state index is 0.0134. The van der Waals surface area contributed by atoms with Gasteiger partial charge in [-0.05, 0) is 30.3 Å². The van der Waals surface area contributed by atoms with Crippen molar-refractivity contribution >= 4 is 23.4 Å². The summed E-state index contributed by atoms with van der Waals surface area (Å²) in [6.45, 7) is 0. The molecule has 0 bridgehead atoms. The molecule has 0 amide bonds. The fourth-order valence-corrected chi connectivity index (χ4v) is 2.59. The van der Waals surface area contributed by atoms with Crippen molar-refractivity contribution in [3.63, 3.8) is 0 Å². The highest BCUT2D eigenvalue weighted by Crippen LogP contribution is 2.30. The first kappa shape index (κ1) is 15.5. The van der Waals surface area contributed by atoms with Crippen LogP contribution < -0.4 is 0 Å². The Kier molecular flexibility index (Phi) is 4.76. The van der Waals surface area contributed by atoms with Gasteiger partial charge in [0.2, 0.25) is 0 Å². The SMILES string of the molecule is COC(=O)c1cc(Sc2ccc([N+](=O)[O-])cc2)ccc1C#N. The van der Waals surface area contributed by atoms with Gasteiger partial charge in [0.15, 0.2) is 0 Å². The number of rotatable bonds is 4. The summed E-state index contributed by atoms with van der Waals surface area (Å²) in [6.07, 6.45) is 0. The van der Waals surface area contributed by atoms with Gasteiger partial charge in [-0.15, -0.1) is 0 Å². The van der Waals surface area contributed by atoms with E-state index in [-0.39, 0.29) is 16.8 Å². The molecule has 0 N–H and O–H groups in total. The molecule has 0 saturated heterocycles. The van der Waals surface area contributed by atoms with Crippen LogP contribution >= 0.6 is 11.8 Å². The lowest BCUT2D eigenvalue weighted by atomic mass is 10.1. The van der Waals surface area contributed by atoms with E-state index in [9.17, 15) is 14.9 Å². The fourth-order valence-electron chi connectivity index (χ4n) is 1.74. The molecule has 2 aromatic carbocycles. The second-order valence-corrected chi connectivity index (χ2v) is 5.31. The quantitative estimate of drug-likeness (QED) is 0.488. The van der Waals surface area contributed by atoms with E-state index >= 15 is 0 Å². The van der Waals surface area contributed by atoms with E-state index in [1.54, 1.807) is 30.3 Å². The molecule has 0 aromatic heterocycles. The molecule has 0 aliphatic rings. The zero-order chi connectivity index (χ0) is 16.1. The number of benzene rings is 2. The van der Waals surface area contributed by atoms with E-state index in [1.807, 2.05) is 6.07 Å². The molecule has 22 heavy (non-hydrogen) atoms. The number of ether oxygens (including phenoxy) is 1. The van der Waals surface area contributed by atoms with Crippen LogP contribution in [0, 0.1) is 21.4 Å². The molecule has 0 radical (unpaired) electrons. The number of carbonyl (C=O) groups excluding carboxylic acids is 1. The average molecular weight is 314 g/mol. The maximum absolute atomic E-state index is 11.7. The normalized spacial score (nSPS) is 9.82. The molecular weight excluding hydrogens is 304 g/mol. The van der Waals surface area contributed by atoms with Crippen molar-refractivity contribution < 1.29 is 14.5 Å². The first-order valence-electron chi connectivity index (χ1n) is 6.10. The van der Waals surface area contributed by atoms with Crippen molar-refractivity contribution in [2.24, 2.45) is 0 Å². The predicted octanol–water partition coefficient (Wildman–Crippen LogP) is 3.40. The molecular formula is C15H10N2O4S. The van der Waals surface area contributed by atoms with Crippen molar-refractivity contribution in [2.45, 2.75) is 9.79 Å². The topological polar surface area (TPSA) is 93.2 Å². The van der Waals surface area contributed by atoms with E-state index in [0.717, 1.165) is 9.79 Å². The van der Waals surface area contributed by atoms with Gasteiger partial charge in [0, 0.05) is 21.9 Å². The molecule has 0 atom stereocenters. The fraction of sp³-hybridized carbons (Fsp3) is 0.0667. The van der Waals surface area contributed by atoms with E-state index in [1.165, 1.54) is 31.0 Å². The molecule has 110 valence electrons. The zero-order valence-corrected chi connectivity index (χ0v) is 12.3. The standard InChI is InChI=1S/C15H10N2O4S/c1-21-15(18)14-8-13(5-2-10(14)9-16)22-12-6-3-11(4-7-12)17(19)20/h2-8H,1H3. The van der Waals surface area contributed by atoms with Crippen LogP contribution in [0.25, 0.3) is 0 Å². The van der Waals surface area contributed by atoms with Gasteiger partial charge in [-0.1, -0.05) is 11.8 Å². The van der Waals surface area contributed by atoms with Gasteiger partial charge in [-0.3, -0.25) is 10.1 Å². The van der Waals surface area contributed by atoms with Gasteiger partial charge in [0.05, 0.1) is 23.2 Å². The summed E-state index contributed by atoms with van der Waals surface area (Å²) in [4.78, 5) is 23.3. The van der Waals surface area contributed by atoms with Crippen LogP contribution in [0.15, 0.2) is 52.3 Å². The molecule has 0 saturated carbocycles. The van der Waals surface area contributed by atoms with Crippen LogP contribution in [0.5, 0.6) is 0 Å².